The molecule has 9 aromatic carbocycles. The zero-order chi connectivity index (χ0) is 42.2. The fourth-order valence-electron chi connectivity index (χ4n) is 8.96. The molecule has 10 aromatic rings. The SMILES string of the molecule is COC(=O)Cc1ccc(-c2c3ccccc3c(-c3ccc(CC(=O)OC)cc3)c3cc(N(c4ccccc4)c4ccc(-n5c6ccccc6c6ccccc65)cc4)ccc23)cc1. The van der Waals surface area contributed by atoms with Crippen LogP contribution in [-0.4, -0.2) is 30.7 Å². The Morgan fingerprint density at radius 2 is 0.839 bits per heavy atom. The molecule has 62 heavy (non-hydrogen) atoms. The summed E-state index contributed by atoms with van der Waals surface area (Å²) in [4.78, 5) is 26.7. The normalized spacial score (nSPS) is 11.3. The second-order valence-corrected chi connectivity index (χ2v) is 15.5. The predicted molar refractivity (Wildman–Crippen MR) is 253 cm³/mol. The van der Waals surface area contributed by atoms with Crippen LogP contribution in [-0.2, 0) is 31.9 Å². The first-order valence-corrected chi connectivity index (χ1v) is 20.7. The van der Waals surface area contributed by atoms with E-state index in [1.54, 1.807) is 0 Å². The summed E-state index contributed by atoms with van der Waals surface area (Å²) in [6.45, 7) is 0. The van der Waals surface area contributed by atoms with E-state index >= 15 is 0 Å². The number of ether oxygens (including phenoxy) is 2. The third-order valence-electron chi connectivity index (χ3n) is 11.9. The van der Waals surface area contributed by atoms with Gasteiger partial charge in [0.15, 0.2) is 0 Å². The minimum atomic E-state index is -0.274. The van der Waals surface area contributed by atoms with Gasteiger partial charge in [0.1, 0.15) is 0 Å². The summed E-state index contributed by atoms with van der Waals surface area (Å²) in [5.74, 6) is -0.545. The van der Waals surface area contributed by atoms with Gasteiger partial charge in [0, 0.05) is 33.5 Å². The number of methoxy groups -OCH3 is 2. The van der Waals surface area contributed by atoms with E-state index in [4.69, 9.17) is 9.47 Å². The fraction of sp³-hybridized carbons (Fsp3) is 0.0714. The van der Waals surface area contributed by atoms with Crippen molar-refractivity contribution in [1.82, 2.24) is 4.57 Å². The Morgan fingerprint density at radius 3 is 1.35 bits per heavy atom. The smallest absolute Gasteiger partial charge is 0.309 e. The molecule has 6 nitrogen and oxygen atoms in total. The fourth-order valence-corrected chi connectivity index (χ4v) is 8.96. The van der Waals surface area contributed by atoms with E-state index in [1.807, 2.05) is 30.3 Å². The minimum absolute atomic E-state index is 0.203. The summed E-state index contributed by atoms with van der Waals surface area (Å²) in [7, 11) is 2.83. The molecule has 0 N–H and O–H groups in total. The molecule has 0 amide bonds. The largest absolute Gasteiger partial charge is 0.469 e. The van der Waals surface area contributed by atoms with E-state index in [1.165, 1.54) is 36.0 Å². The van der Waals surface area contributed by atoms with Crippen LogP contribution >= 0.6 is 0 Å². The first kappa shape index (κ1) is 38.3. The molecule has 300 valence electrons. The number of hydrogen-bond donors (Lipinski definition) is 0. The molecule has 0 aliphatic heterocycles. The molecular weight excluding hydrogens is 765 g/mol. The molecule has 0 aliphatic carbocycles. The maximum atomic E-state index is 12.2. The molecule has 0 bridgehead atoms. The maximum absolute atomic E-state index is 12.2. The Labute approximate surface area is 359 Å². The first-order valence-electron chi connectivity index (χ1n) is 20.7. The number of anilines is 3. The van der Waals surface area contributed by atoms with Gasteiger partial charge in [-0.15, -0.1) is 0 Å². The lowest BCUT2D eigenvalue weighted by Crippen LogP contribution is -2.10. The first-order chi connectivity index (χ1) is 30.5. The molecule has 0 unspecified atom stereocenters. The number of hydrogen-bond acceptors (Lipinski definition) is 5. The van der Waals surface area contributed by atoms with Crippen LogP contribution in [0.4, 0.5) is 17.1 Å². The van der Waals surface area contributed by atoms with E-state index in [9.17, 15) is 9.59 Å². The van der Waals surface area contributed by atoms with Crippen LogP contribution in [0.3, 0.4) is 0 Å². The van der Waals surface area contributed by atoms with Crippen molar-refractivity contribution in [2.75, 3.05) is 19.1 Å². The Kier molecular flexibility index (Phi) is 10.0. The van der Waals surface area contributed by atoms with E-state index in [0.29, 0.717) is 0 Å². The molecular formula is C56H42N2O4. The van der Waals surface area contributed by atoms with E-state index in [-0.39, 0.29) is 24.8 Å². The number of fused-ring (bicyclic) bond motifs is 5. The van der Waals surface area contributed by atoms with Gasteiger partial charge in [0.2, 0.25) is 0 Å². The second kappa shape index (κ2) is 16.2. The average molecular weight is 807 g/mol. The molecule has 0 aliphatic rings. The summed E-state index contributed by atoms with van der Waals surface area (Å²) in [5, 5.41) is 6.85. The van der Waals surface area contributed by atoms with Crippen molar-refractivity contribution in [3.8, 4) is 27.9 Å². The molecule has 6 heteroatoms. The van der Waals surface area contributed by atoms with Gasteiger partial charge >= 0.3 is 11.9 Å². The highest BCUT2D eigenvalue weighted by molar-refractivity contribution is 6.22. The van der Waals surface area contributed by atoms with Crippen molar-refractivity contribution in [3.63, 3.8) is 0 Å². The highest BCUT2D eigenvalue weighted by Crippen LogP contribution is 2.46. The van der Waals surface area contributed by atoms with Gasteiger partial charge in [-0.2, -0.15) is 0 Å². The van der Waals surface area contributed by atoms with Crippen molar-refractivity contribution >= 4 is 72.4 Å². The molecule has 1 aromatic heterocycles. The maximum Gasteiger partial charge on any atom is 0.309 e. The number of rotatable bonds is 10. The molecule has 1 heterocycles. The zero-order valence-corrected chi connectivity index (χ0v) is 34.4. The number of para-hydroxylation sites is 3. The molecule has 0 fully saturated rings. The number of nitrogens with zero attached hydrogens (tertiary/aromatic N) is 2. The molecule has 0 spiro atoms. The zero-order valence-electron chi connectivity index (χ0n) is 34.4. The highest BCUT2D eigenvalue weighted by atomic mass is 16.5. The lowest BCUT2D eigenvalue weighted by molar-refractivity contribution is -0.140. The number of aromatic nitrogens is 1. The standard InChI is InChI=1S/C56H42N2O4/c1-61-53(59)34-37-20-24-39(25-21-37)55-47-16-6-7-17-48(47)56(40-26-22-38(23-27-40)35-54(60)62-2)50-36-44(32-33-49(50)55)57(41-12-4-3-5-13-41)42-28-30-43(31-29-42)58-51-18-10-8-14-45(51)46-15-9-11-19-52(46)58/h3-33,36H,34-35H2,1-2H3. The Bertz CT molecular complexity index is 3230. The third kappa shape index (κ3) is 6.91. The van der Waals surface area contributed by atoms with Crippen LogP contribution in [0.2, 0.25) is 0 Å². The third-order valence-corrected chi connectivity index (χ3v) is 11.9. The summed E-state index contributed by atoms with van der Waals surface area (Å²) in [6.07, 6.45) is 0.413. The summed E-state index contributed by atoms with van der Waals surface area (Å²) in [6, 6.07) is 68.3. The second-order valence-electron chi connectivity index (χ2n) is 15.5. The lowest BCUT2D eigenvalue weighted by atomic mass is 9.85. The van der Waals surface area contributed by atoms with Crippen LogP contribution < -0.4 is 4.90 Å². The summed E-state index contributed by atoms with van der Waals surface area (Å²) in [5.41, 5.74) is 12.6. The summed E-state index contributed by atoms with van der Waals surface area (Å²) >= 11 is 0. The molecule has 10 rings (SSSR count). The van der Waals surface area contributed by atoms with Crippen molar-refractivity contribution in [2.45, 2.75) is 12.8 Å². The van der Waals surface area contributed by atoms with Crippen LogP contribution in [0.5, 0.6) is 0 Å². The quantitative estimate of drug-likeness (QED) is 0.102. The summed E-state index contributed by atoms with van der Waals surface area (Å²) < 4.78 is 12.3. The van der Waals surface area contributed by atoms with Gasteiger partial charge in [0.25, 0.3) is 0 Å². The van der Waals surface area contributed by atoms with Crippen molar-refractivity contribution in [1.29, 1.82) is 0 Å². The Balaban J connectivity index is 1.17. The average Bonchev–Trinajstić information content (AvgIpc) is 3.66. The van der Waals surface area contributed by atoms with Gasteiger partial charge in [-0.3, -0.25) is 9.59 Å². The predicted octanol–water partition coefficient (Wildman–Crippen LogP) is 13.3. The lowest BCUT2D eigenvalue weighted by Gasteiger charge is -2.27. The van der Waals surface area contributed by atoms with Crippen molar-refractivity contribution in [2.24, 2.45) is 0 Å². The van der Waals surface area contributed by atoms with Crippen LogP contribution in [0, 0.1) is 0 Å². The molecule has 0 atom stereocenters. The van der Waals surface area contributed by atoms with E-state index in [2.05, 4.69) is 173 Å². The number of esters is 2. The van der Waals surface area contributed by atoms with Gasteiger partial charge in [-0.1, -0.05) is 133 Å². The van der Waals surface area contributed by atoms with Crippen molar-refractivity contribution in [3.05, 3.63) is 205 Å². The molecule has 0 saturated heterocycles. The monoisotopic (exact) mass is 806 g/mol. The van der Waals surface area contributed by atoms with Gasteiger partial charge in [-0.05, 0) is 116 Å². The van der Waals surface area contributed by atoms with Gasteiger partial charge in [-0.25, -0.2) is 0 Å². The van der Waals surface area contributed by atoms with Crippen LogP contribution in [0.15, 0.2) is 194 Å². The van der Waals surface area contributed by atoms with E-state index in [0.717, 1.165) is 77.7 Å². The van der Waals surface area contributed by atoms with E-state index < -0.39 is 0 Å². The number of carbonyl (C=O) groups excluding carboxylic acids is 2. The molecule has 0 radical (unpaired) electrons. The Hall–Kier alpha value is -7.96. The Morgan fingerprint density at radius 1 is 0.419 bits per heavy atom. The van der Waals surface area contributed by atoms with Gasteiger partial charge in [0.05, 0.1) is 38.1 Å². The molecule has 0 saturated carbocycles. The van der Waals surface area contributed by atoms with Crippen LogP contribution in [0.25, 0.3) is 71.3 Å². The highest BCUT2D eigenvalue weighted by Gasteiger charge is 2.21. The minimum Gasteiger partial charge on any atom is -0.469 e. The van der Waals surface area contributed by atoms with Crippen molar-refractivity contribution < 1.29 is 19.1 Å². The van der Waals surface area contributed by atoms with Crippen LogP contribution in [0.1, 0.15) is 11.1 Å². The topological polar surface area (TPSA) is 60.8 Å². The number of carbonyl (C=O) groups is 2. The number of benzene rings is 9. The van der Waals surface area contributed by atoms with Gasteiger partial charge < -0.3 is 18.9 Å².